The van der Waals surface area contributed by atoms with Gasteiger partial charge in [0.05, 0.1) is 23.8 Å². The van der Waals surface area contributed by atoms with Crippen molar-refractivity contribution in [1.82, 2.24) is 24.4 Å². The highest BCUT2D eigenvalue weighted by atomic mass is 35.5. The fourth-order valence-corrected chi connectivity index (χ4v) is 4.50. The molecular formula is C25H25ClFN5O. The van der Waals surface area contributed by atoms with Crippen LogP contribution in [0.15, 0.2) is 54.9 Å². The molecule has 170 valence electrons. The maximum Gasteiger partial charge on any atom is 0.213 e. The van der Waals surface area contributed by atoms with Gasteiger partial charge < -0.3 is 9.30 Å². The number of ether oxygens (including phenoxy) is 1. The molecule has 0 aliphatic carbocycles. The second-order valence-corrected chi connectivity index (χ2v) is 8.86. The van der Waals surface area contributed by atoms with Crippen molar-refractivity contribution >= 4 is 22.6 Å². The summed E-state index contributed by atoms with van der Waals surface area (Å²) in [6.45, 7) is 2.90. The van der Waals surface area contributed by atoms with Crippen molar-refractivity contribution in [3.05, 3.63) is 82.8 Å². The van der Waals surface area contributed by atoms with E-state index < -0.39 is 0 Å². The normalized spacial score (nSPS) is 15.2. The first kappa shape index (κ1) is 21.8. The number of pyridine rings is 2. The highest BCUT2D eigenvalue weighted by Gasteiger charge is 2.23. The summed E-state index contributed by atoms with van der Waals surface area (Å²) in [7, 11) is 2.05. The maximum absolute atomic E-state index is 14.0. The van der Waals surface area contributed by atoms with Crippen molar-refractivity contribution in [2.24, 2.45) is 7.05 Å². The molecule has 8 heteroatoms. The molecule has 6 nitrogen and oxygen atoms in total. The van der Waals surface area contributed by atoms with Crippen LogP contribution >= 0.6 is 11.6 Å². The van der Waals surface area contributed by atoms with Gasteiger partial charge in [-0.15, -0.1) is 0 Å². The van der Waals surface area contributed by atoms with Crippen LogP contribution in [0, 0.1) is 5.82 Å². The number of fused-ring (bicyclic) bond motifs is 1. The third-order valence-electron chi connectivity index (χ3n) is 6.28. The third kappa shape index (κ3) is 4.84. The quantitative estimate of drug-likeness (QED) is 0.396. The zero-order chi connectivity index (χ0) is 22.8. The third-order valence-corrected chi connectivity index (χ3v) is 6.52. The lowest BCUT2D eigenvalue weighted by atomic mass is 9.93. The van der Waals surface area contributed by atoms with E-state index in [1.54, 1.807) is 18.3 Å². The predicted molar refractivity (Wildman–Crippen MR) is 126 cm³/mol. The Hall–Kier alpha value is -3.03. The smallest absolute Gasteiger partial charge is 0.213 e. The van der Waals surface area contributed by atoms with Crippen molar-refractivity contribution < 1.29 is 9.13 Å². The first-order valence-corrected chi connectivity index (χ1v) is 11.5. The Bertz CT molecular complexity index is 1270. The van der Waals surface area contributed by atoms with E-state index in [9.17, 15) is 4.39 Å². The summed E-state index contributed by atoms with van der Waals surface area (Å²) in [4.78, 5) is 16.1. The molecule has 0 unspecified atom stereocenters. The molecule has 3 aromatic heterocycles. The standard InChI is InChI=1S/C25H25ClFN5O/c1-31-23-14-28-10-7-22(23)29-24(31)15-32-11-8-17(9-12-32)21-3-2-4-25(30-21)33-16-18-5-6-19(26)13-20(18)27/h2-7,10,13-14,17H,8-9,11-12,15-16H2,1H3. The zero-order valence-electron chi connectivity index (χ0n) is 18.4. The van der Waals surface area contributed by atoms with Crippen LogP contribution in [0.1, 0.15) is 35.8 Å². The summed E-state index contributed by atoms with van der Waals surface area (Å²) in [5.74, 6) is 1.57. The summed E-state index contributed by atoms with van der Waals surface area (Å²) in [5, 5.41) is 0.371. The lowest BCUT2D eigenvalue weighted by Gasteiger charge is -2.31. The molecule has 0 spiro atoms. The van der Waals surface area contributed by atoms with Crippen LogP contribution in [-0.2, 0) is 20.2 Å². The molecule has 0 radical (unpaired) electrons. The van der Waals surface area contributed by atoms with E-state index in [1.165, 1.54) is 6.07 Å². The molecule has 33 heavy (non-hydrogen) atoms. The van der Waals surface area contributed by atoms with Crippen LogP contribution in [-0.4, -0.2) is 37.5 Å². The first-order valence-electron chi connectivity index (χ1n) is 11.1. The first-order chi connectivity index (χ1) is 16.1. The van der Waals surface area contributed by atoms with Crippen LogP contribution in [0.2, 0.25) is 5.02 Å². The van der Waals surface area contributed by atoms with Gasteiger partial charge in [-0.25, -0.2) is 14.4 Å². The molecule has 1 aliphatic rings. The number of aryl methyl sites for hydroxylation is 1. The molecule has 5 rings (SSSR count). The van der Waals surface area contributed by atoms with E-state index >= 15 is 0 Å². The molecule has 0 atom stereocenters. The lowest BCUT2D eigenvalue weighted by Crippen LogP contribution is -2.33. The van der Waals surface area contributed by atoms with Gasteiger partial charge in [0.25, 0.3) is 0 Å². The minimum absolute atomic E-state index is 0.117. The minimum atomic E-state index is -0.372. The monoisotopic (exact) mass is 465 g/mol. The highest BCUT2D eigenvalue weighted by Crippen LogP contribution is 2.29. The molecule has 1 saturated heterocycles. The second kappa shape index (κ2) is 9.45. The summed E-state index contributed by atoms with van der Waals surface area (Å²) in [5.41, 5.74) is 3.52. The Morgan fingerprint density at radius 2 is 1.97 bits per heavy atom. The molecule has 0 amide bonds. The van der Waals surface area contributed by atoms with Gasteiger partial charge in [-0.3, -0.25) is 9.88 Å². The molecule has 0 N–H and O–H groups in total. The molecule has 1 aliphatic heterocycles. The number of piperidine rings is 1. The van der Waals surface area contributed by atoms with Crippen molar-refractivity contribution in [3.8, 4) is 5.88 Å². The number of hydrogen-bond donors (Lipinski definition) is 0. The summed E-state index contributed by atoms with van der Waals surface area (Å²) >= 11 is 5.82. The Kier molecular flexibility index (Phi) is 6.24. The van der Waals surface area contributed by atoms with Crippen LogP contribution in [0.4, 0.5) is 4.39 Å². The SMILES string of the molecule is Cn1c(CN2CCC(c3cccc(OCc4ccc(Cl)cc4F)n3)CC2)nc2ccncc21. The van der Waals surface area contributed by atoms with Gasteiger partial charge in [0.15, 0.2) is 0 Å². The number of rotatable bonds is 6. The van der Waals surface area contributed by atoms with E-state index in [-0.39, 0.29) is 12.4 Å². The predicted octanol–water partition coefficient (Wildman–Crippen LogP) is 5.11. The fraction of sp³-hybridized carbons (Fsp3) is 0.320. The lowest BCUT2D eigenvalue weighted by molar-refractivity contribution is 0.197. The van der Waals surface area contributed by atoms with E-state index in [0.717, 1.165) is 55.0 Å². The molecule has 4 aromatic rings. The Morgan fingerprint density at radius 1 is 1.12 bits per heavy atom. The summed E-state index contributed by atoms with van der Waals surface area (Å²) < 4.78 is 21.9. The number of imidazole rings is 1. The number of likely N-dealkylation sites (tertiary alicyclic amines) is 1. The topological polar surface area (TPSA) is 56.1 Å². The van der Waals surface area contributed by atoms with Gasteiger partial charge in [0.2, 0.25) is 5.88 Å². The van der Waals surface area contributed by atoms with Crippen molar-refractivity contribution in [3.63, 3.8) is 0 Å². The Labute approximate surface area is 197 Å². The summed E-state index contributed by atoms with van der Waals surface area (Å²) in [6, 6.07) is 12.4. The van der Waals surface area contributed by atoms with Gasteiger partial charge in [-0.1, -0.05) is 23.7 Å². The molecule has 1 aromatic carbocycles. The molecule has 0 bridgehead atoms. The fourth-order valence-electron chi connectivity index (χ4n) is 4.34. The molecule has 0 saturated carbocycles. The molecule has 1 fully saturated rings. The average Bonchev–Trinajstić information content (AvgIpc) is 3.14. The largest absolute Gasteiger partial charge is 0.473 e. The number of aromatic nitrogens is 4. The minimum Gasteiger partial charge on any atom is -0.473 e. The van der Waals surface area contributed by atoms with E-state index in [4.69, 9.17) is 26.3 Å². The zero-order valence-corrected chi connectivity index (χ0v) is 19.2. The van der Waals surface area contributed by atoms with Crippen LogP contribution < -0.4 is 4.74 Å². The number of halogens is 2. The van der Waals surface area contributed by atoms with E-state index in [2.05, 4.69) is 20.5 Å². The van der Waals surface area contributed by atoms with E-state index in [0.29, 0.717) is 22.4 Å². The van der Waals surface area contributed by atoms with Crippen molar-refractivity contribution in [1.29, 1.82) is 0 Å². The summed E-state index contributed by atoms with van der Waals surface area (Å²) in [6.07, 6.45) is 5.68. The number of hydrogen-bond acceptors (Lipinski definition) is 5. The van der Waals surface area contributed by atoms with Crippen LogP contribution in [0.25, 0.3) is 11.0 Å². The van der Waals surface area contributed by atoms with Crippen molar-refractivity contribution in [2.45, 2.75) is 31.9 Å². The molecular weight excluding hydrogens is 441 g/mol. The maximum atomic E-state index is 14.0. The number of nitrogens with zero attached hydrogens (tertiary/aromatic N) is 5. The Balaban J connectivity index is 1.19. The van der Waals surface area contributed by atoms with Crippen LogP contribution in [0.3, 0.4) is 0 Å². The van der Waals surface area contributed by atoms with Crippen LogP contribution in [0.5, 0.6) is 5.88 Å². The number of benzene rings is 1. The van der Waals surface area contributed by atoms with Gasteiger partial charge in [0.1, 0.15) is 18.2 Å². The van der Waals surface area contributed by atoms with Gasteiger partial charge in [0, 0.05) is 41.5 Å². The van der Waals surface area contributed by atoms with Gasteiger partial charge in [-0.2, -0.15) is 0 Å². The average molecular weight is 466 g/mol. The van der Waals surface area contributed by atoms with Crippen molar-refractivity contribution in [2.75, 3.05) is 13.1 Å². The highest BCUT2D eigenvalue weighted by molar-refractivity contribution is 6.30. The Morgan fingerprint density at radius 3 is 2.76 bits per heavy atom. The van der Waals surface area contributed by atoms with E-state index in [1.807, 2.05) is 31.4 Å². The van der Waals surface area contributed by atoms with Gasteiger partial charge in [-0.05, 0) is 50.2 Å². The second-order valence-electron chi connectivity index (χ2n) is 8.43. The molecule has 4 heterocycles. The van der Waals surface area contributed by atoms with Gasteiger partial charge >= 0.3 is 0 Å².